The fourth-order valence-electron chi connectivity index (χ4n) is 2.50. The molecule has 1 aromatic rings. The number of hydrogen-bond donors (Lipinski definition) is 1. The molecule has 0 amide bonds. The quantitative estimate of drug-likeness (QED) is 0.795. The SMILES string of the molecule is Cc1noc(C)c1CN1CCC(OCCCO)CC1. The number of aliphatic hydroxyl groups is 1. The zero-order chi connectivity index (χ0) is 13.7. The van der Waals surface area contributed by atoms with Crippen LogP contribution in [0.4, 0.5) is 0 Å². The fraction of sp³-hybridized carbons (Fsp3) is 0.786. The van der Waals surface area contributed by atoms with Crippen molar-refractivity contribution in [3.63, 3.8) is 0 Å². The summed E-state index contributed by atoms with van der Waals surface area (Å²) < 4.78 is 10.9. The summed E-state index contributed by atoms with van der Waals surface area (Å²) in [5, 5.41) is 12.7. The molecule has 0 aromatic carbocycles. The van der Waals surface area contributed by atoms with Gasteiger partial charge in [0.25, 0.3) is 0 Å². The van der Waals surface area contributed by atoms with Gasteiger partial charge in [0.2, 0.25) is 0 Å². The monoisotopic (exact) mass is 268 g/mol. The van der Waals surface area contributed by atoms with Crippen molar-refractivity contribution in [1.29, 1.82) is 0 Å². The molecule has 1 saturated heterocycles. The highest BCUT2D eigenvalue weighted by atomic mass is 16.5. The summed E-state index contributed by atoms with van der Waals surface area (Å²) in [4.78, 5) is 2.43. The van der Waals surface area contributed by atoms with Gasteiger partial charge in [-0.1, -0.05) is 5.16 Å². The first-order valence-electron chi connectivity index (χ1n) is 7.07. The molecule has 0 bridgehead atoms. The summed E-state index contributed by atoms with van der Waals surface area (Å²) >= 11 is 0. The Kier molecular flexibility index (Phi) is 5.36. The van der Waals surface area contributed by atoms with Crippen molar-refractivity contribution in [3.8, 4) is 0 Å². The standard InChI is InChI=1S/C14H24N2O3/c1-11-14(12(2)19-15-11)10-16-6-4-13(5-7-16)18-9-3-8-17/h13,17H,3-10H2,1-2H3. The van der Waals surface area contributed by atoms with Crippen molar-refractivity contribution in [1.82, 2.24) is 10.1 Å². The molecule has 5 nitrogen and oxygen atoms in total. The fourth-order valence-corrected chi connectivity index (χ4v) is 2.50. The molecular formula is C14H24N2O3. The lowest BCUT2D eigenvalue weighted by molar-refractivity contribution is 0.000705. The van der Waals surface area contributed by atoms with E-state index in [1.807, 2.05) is 13.8 Å². The predicted molar refractivity (Wildman–Crippen MR) is 71.9 cm³/mol. The van der Waals surface area contributed by atoms with Crippen molar-refractivity contribution in [2.24, 2.45) is 0 Å². The Morgan fingerprint density at radius 1 is 1.37 bits per heavy atom. The molecule has 0 aliphatic carbocycles. The van der Waals surface area contributed by atoms with Crippen molar-refractivity contribution in [3.05, 3.63) is 17.0 Å². The Hall–Kier alpha value is -0.910. The van der Waals surface area contributed by atoms with Gasteiger partial charge in [-0.05, 0) is 33.1 Å². The molecule has 1 aromatic heterocycles. The zero-order valence-electron chi connectivity index (χ0n) is 11.9. The van der Waals surface area contributed by atoms with Gasteiger partial charge in [0.05, 0.1) is 11.8 Å². The van der Waals surface area contributed by atoms with Crippen LogP contribution in [0.5, 0.6) is 0 Å². The van der Waals surface area contributed by atoms with Crippen LogP contribution in [-0.2, 0) is 11.3 Å². The van der Waals surface area contributed by atoms with Crippen molar-refractivity contribution in [2.75, 3.05) is 26.3 Å². The summed E-state index contributed by atoms with van der Waals surface area (Å²) in [6.45, 7) is 7.87. The molecule has 1 aliphatic heterocycles. The normalized spacial score (nSPS) is 18.1. The molecule has 1 fully saturated rings. The topological polar surface area (TPSA) is 58.7 Å². The molecular weight excluding hydrogens is 244 g/mol. The van der Waals surface area contributed by atoms with Crippen molar-refractivity contribution < 1.29 is 14.4 Å². The molecule has 2 rings (SSSR count). The predicted octanol–water partition coefficient (Wildman–Crippen LogP) is 1.65. The molecule has 0 atom stereocenters. The molecule has 108 valence electrons. The van der Waals surface area contributed by atoms with Crippen LogP contribution in [0.25, 0.3) is 0 Å². The molecule has 1 aliphatic rings. The highest BCUT2D eigenvalue weighted by Gasteiger charge is 2.21. The number of nitrogens with zero attached hydrogens (tertiary/aromatic N) is 2. The molecule has 0 radical (unpaired) electrons. The van der Waals surface area contributed by atoms with Crippen LogP contribution in [0.2, 0.25) is 0 Å². The van der Waals surface area contributed by atoms with Crippen LogP contribution < -0.4 is 0 Å². The van der Waals surface area contributed by atoms with E-state index in [9.17, 15) is 0 Å². The van der Waals surface area contributed by atoms with E-state index < -0.39 is 0 Å². The van der Waals surface area contributed by atoms with E-state index in [0.29, 0.717) is 12.7 Å². The summed E-state index contributed by atoms with van der Waals surface area (Å²) in [6.07, 6.45) is 3.22. The average Bonchev–Trinajstić information content (AvgIpc) is 2.73. The van der Waals surface area contributed by atoms with Gasteiger partial charge in [0.1, 0.15) is 5.76 Å². The van der Waals surface area contributed by atoms with E-state index >= 15 is 0 Å². The van der Waals surface area contributed by atoms with Crippen molar-refractivity contribution >= 4 is 0 Å². The Labute approximate surface area is 114 Å². The summed E-state index contributed by atoms with van der Waals surface area (Å²) in [5.74, 6) is 0.929. The molecule has 0 unspecified atom stereocenters. The first-order chi connectivity index (χ1) is 9.20. The second-order valence-electron chi connectivity index (χ2n) is 5.23. The number of ether oxygens (including phenoxy) is 1. The van der Waals surface area contributed by atoms with Crippen molar-refractivity contribution in [2.45, 2.75) is 45.8 Å². The summed E-state index contributed by atoms with van der Waals surface area (Å²) in [7, 11) is 0. The number of rotatable bonds is 6. The third-order valence-electron chi connectivity index (χ3n) is 3.75. The van der Waals surface area contributed by atoms with E-state index in [1.54, 1.807) is 0 Å². The Balaban J connectivity index is 1.74. The minimum absolute atomic E-state index is 0.213. The van der Waals surface area contributed by atoms with Gasteiger partial charge in [-0.2, -0.15) is 0 Å². The lowest BCUT2D eigenvalue weighted by atomic mass is 10.1. The van der Waals surface area contributed by atoms with Gasteiger partial charge in [-0.3, -0.25) is 4.90 Å². The Morgan fingerprint density at radius 2 is 2.11 bits per heavy atom. The number of aliphatic hydroxyl groups excluding tert-OH is 1. The highest BCUT2D eigenvalue weighted by Crippen LogP contribution is 2.19. The second kappa shape index (κ2) is 7.03. The van der Waals surface area contributed by atoms with Gasteiger partial charge in [-0.25, -0.2) is 0 Å². The molecule has 0 saturated carbocycles. The highest BCUT2D eigenvalue weighted by molar-refractivity contribution is 5.20. The second-order valence-corrected chi connectivity index (χ2v) is 5.23. The van der Waals surface area contributed by atoms with Crippen LogP contribution in [0.15, 0.2) is 4.52 Å². The molecule has 0 spiro atoms. The van der Waals surface area contributed by atoms with E-state index in [1.165, 1.54) is 5.56 Å². The average molecular weight is 268 g/mol. The minimum atomic E-state index is 0.213. The van der Waals surface area contributed by atoms with E-state index in [2.05, 4.69) is 10.1 Å². The summed E-state index contributed by atoms with van der Waals surface area (Å²) in [6, 6.07) is 0. The molecule has 2 heterocycles. The molecule has 19 heavy (non-hydrogen) atoms. The van der Waals surface area contributed by atoms with Gasteiger partial charge in [-0.15, -0.1) is 0 Å². The van der Waals surface area contributed by atoms with Crippen LogP contribution >= 0.6 is 0 Å². The minimum Gasteiger partial charge on any atom is -0.396 e. The lowest BCUT2D eigenvalue weighted by Crippen LogP contribution is -2.36. The van der Waals surface area contributed by atoms with Gasteiger partial charge in [0, 0.05) is 38.4 Å². The maximum atomic E-state index is 8.73. The van der Waals surface area contributed by atoms with Crippen LogP contribution in [0.1, 0.15) is 36.3 Å². The molecule has 1 N–H and O–H groups in total. The van der Waals surface area contributed by atoms with Gasteiger partial charge < -0.3 is 14.4 Å². The maximum absolute atomic E-state index is 8.73. The smallest absolute Gasteiger partial charge is 0.138 e. The Morgan fingerprint density at radius 3 is 2.68 bits per heavy atom. The number of likely N-dealkylation sites (tertiary alicyclic amines) is 1. The van der Waals surface area contributed by atoms with Gasteiger partial charge >= 0.3 is 0 Å². The van der Waals surface area contributed by atoms with E-state index in [-0.39, 0.29) is 6.61 Å². The lowest BCUT2D eigenvalue weighted by Gasteiger charge is -2.31. The zero-order valence-corrected chi connectivity index (χ0v) is 11.9. The maximum Gasteiger partial charge on any atom is 0.138 e. The third kappa shape index (κ3) is 4.03. The largest absolute Gasteiger partial charge is 0.396 e. The first-order valence-corrected chi connectivity index (χ1v) is 7.07. The number of hydrogen-bond acceptors (Lipinski definition) is 5. The van der Waals surface area contributed by atoms with Gasteiger partial charge in [0.15, 0.2) is 0 Å². The van der Waals surface area contributed by atoms with Crippen LogP contribution in [0, 0.1) is 13.8 Å². The number of aryl methyl sites for hydroxylation is 2. The van der Waals surface area contributed by atoms with E-state index in [4.69, 9.17) is 14.4 Å². The number of piperidine rings is 1. The van der Waals surface area contributed by atoms with E-state index in [0.717, 1.165) is 50.4 Å². The first kappa shape index (κ1) is 14.5. The molecule has 5 heteroatoms. The van der Waals surface area contributed by atoms with Crippen LogP contribution in [-0.4, -0.2) is 47.6 Å². The van der Waals surface area contributed by atoms with Crippen LogP contribution in [0.3, 0.4) is 0 Å². The Bertz CT molecular complexity index is 365. The summed E-state index contributed by atoms with van der Waals surface area (Å²) in [5.41, 5.74) is 2.22. The third-order valence-corrected chi connectivity index (χ3v) is 3.75. The number of aromatic nitrogens is 1.